The molecule has 3 nitrogen and oxygen atoms in total. The minimum Gasteiger partial charge on any atom is -0.322 e. The number of rotatable bonds is 6. The fraction of sp³-hybridized carbons (Fsp3) is 0.391. The van der Waals surface area contributed by atoms with Crippen LogP contribution in [0.2, 0.25) is 5.02 Å². The summed E-state index contributed by atoms with van der Waals surface area (Å²) in [5, 5.41) is 2.87. The van der Waals surface area contributed by atoms with Gasteiger partial charge in [-0.05, 0) is 30.5 Å². The molecule has 2 aromatic rings. The Balaban J connectivity index is 1.81. The number of anilines is 1. The summed E-state index contributed by atoms with van der Waals surface area (Å²) in [6, 6.07) is 6.09. The Labute approximate surface area is 188 Å². The second kappa shape index (κ2) is 9.65. The van der Waals surface area contributed by atoms with Gasteiger partial charge in [0.15, 0.2) is 17.5 Å². The maximum atomic E-state index is 13.4. The molecule has 31 heavy (non-hydrogen) atoms. The fourth-order valence-electron chi connectivity index (χ4n) is 3.87. The van der Waals surface area contributed by atoms with Gasteiger partial charge in [0.25, 0.3) is 5.91 Å². The molecule has 0 aliphatic heterocycles. The first kappa shape index (κ1) is 23.7. The largest absolute Gasteiger partial charge is 0.322 e. The molecule has 1 fully saturated rings. The molecule has 0 radical (unpaired) electrons. The Morgan fingerprint density at radius 2 is 1.87 bits per heavy atom. The highest BCUT2D eigenvalue weighted by molar-refractivity contribution is 8.00. The topological polar surface area (TPSA) is 46.2 Å². The molecule has 1 aliphatic rings. The van der Waals surface area contributed by atoms with E-state index in [2.05, 4.69) is 19.2 Å². The van der Waals surface area contributed by atoms with Crippen molar-refractivity contribution in [3.63, 3.8) is 0 Å². The van der Waals surface area contributed by atoms with Crippen molar-refractivity contribution in [2.45, 2.75) is 43.8 Å². The van der Waals surface area contributed by atoms with Crippen molar-refractivity contribution in [2.75, 3.05) is 5.32 Å². The molecule has 0 bridgehead atoms. The van der Waals surface area contributed by atoms with Gasteiger partial charge >= 0.3 is 0 Å². The molecule has 2 aromatic carbocycles. The SMILES string of the molecule is CC[C@H](C)C1C(=O)C(C)CC1Sc1cc(C(=O)Nc2cc(F)c(F)c(F)c2)ccc1Cl. The van der Waals surface area contributed by atoms with E-state index in [4.69, 9.17) is 11.6 Å². The van der Waals surface area contributed by atoms with Crippen LogP contribution in [0.1, 0.15) is 44.0 Å². The van der Waals surface area contributed by atoms with Gasteiger partial charge in [-0.1, -0.05) is 38.8 Å². The van der Waals surface area contributed by atoms with Crippen LogP contribution in [0.25, 0.3) is 0 Å². The van der Waals surface area contributed by atoms with Crippen LogP contribution in [0.5, 0.6) is 0 Å². The average molecular weight is 470 g/mol. The molecule has 1 amide bonds. The van der Waals surface area contributed by atoms with Crippen LogP contribution in [0.15, 0.2) is 35.2 Å². The summed E-state index contributed by atoms with van der Waals surface area (Å²) in [6.07, 6.45) is 1.63. The van der Waals surface area contributed by atoms with Crippen molar-refractivity contribution in [1.29, 1.82) is 0 Å². The molecule has 0 heterocycles. The molecule has 4 atom stereocenters. The Hall–Kier alpha value is -1.99. The maximum absolute atomic E-state index is 13.4. The number of carbonyl (C=O) groups excluding carboxylic acids is 2. The molecule has 1 aliphatic carbocycles. The standard InChI is InChI=1S/C23H23ClF3NO2S/c1-4-11(2)20-19(7-12(3)22(20)29)31-18-8-13(5-6-15(18)24)23(30)28-14-9-16(25)21(27)17(26)10-14/h5-6,8-12,19-20H,4,7H2,1-3H3,(H,28,30)/t11-,12?,19?,20?/m0/s1. The first-order valence-corrected chi connectivity index (χ1v) is 11.3. The molecule has 0 spiro atoms. The number of thioether (sulfide) groups is 1. The van der Waals surface area contributed by atoms with E-state index < -0.39 is 23.4 Å². The monoisotopic (exact) mass is 469 g/mol. The molecule has 0 aromatic heterocycles. The summed E-state index contributed by atoms with van der Waals surface area (Å²) < 4.78 is 40.0. The van der Waals surface area contributed by atoms with Gasteiger partial charge < -0.3 is 5.32 Å². The van der Waals surface area contributed by atoms with Gasteiger partial charge in [-0.15, -0.1) is 11.8 Å². The number of halogens is 4. The number of hydrogen-bond donors (Lipinski definition) is 1. The van der Waals surface area contributed by atoms with Gasteiger partial charge in [0.1, 0.15) is 5.78 Å². The van der Waals surface area contributed by atoms with Crippen molar-refractivity contribution in [1.82, 2.24) is 0 Å². The lowest BCUT2D eigenvalue weighted by molar-refractivity contribution is -0.124. The van der Waals surface area contributed by atoms with Crippen LogP contribution >= 0.6 is 23.4 Å². The summed E-state index contributed by atoms with van der Waals surface area (Å²) in [5.41, 5.74) is 0.0344. The third-order valence-corrected chi connectivity index (χ3v) is 7.59. The number of amides is 1. The Morgan fingerprint density at radius 3 is 2.48 bits per heavy atom. The van der Waals surface area contributed by atoms with Gasteiger partial charge in [-0.2, -0.15) is 0 Å². The zero-order valence-electron chi connectivity index (χ0n) is 17.3. The van der Waals surface area contributed by atoms with Gasteiger partial charge in [-0.3, -0.25) is 9.59 Å². The van der Waals surface area contributed by atoms with Crippen molar-refractivity contribution >= 4 is 40.7 Å². The maximum Gasteiger partial charge on any atom is 0.255 e. The summed E-state index contributed by atoms with van der Waals surface area (Å²) in [7, 11) is 0. The van der Waals surface area contributed by atoms with Crippen molar-refractivity contribution in [3.8, 4) is 0 Å². The smallest absolute Gasteiger partial charge is 0.255 e. The van der Waals surface area contributed by atoms with E-state index in [1.165, 1.54) is 17.8 Å². The van der Waals surface area contributed by atoms with Crippen LogP contribution in [-0.2, 0) is 4.79 Å². The quantitative estimate of drug-likeness (QED) is 0.476. The lowest BCUT2D eigenvalue weighted by atomic mass is 9.88. The third kappa shape index (κ3) is 5.09. The van der Waals surface area contributed by atoms with E-state index in [0.29, 0.717) is 22.1 Å². The van der Waals surface area contributed by atoms with Crippen molar-refractivity contribution in [3.05, 3.63) is 58.4 Å². The second-order valence-corrected chi connectivity index (χ2v) is 9.65. The van der Waals surface area contributed by atoms with E-state index in [9.17, 15) is 22.8 Å². The summed E-state index contributed by atoms with van der Waals surface area (Å²) in [5.74, 6) is -4.59. The number of ketones is 1. The van der Waals surface area contributed by atoms with E-state index in [0.717, 1.165) is 12.8 Å². The van der Waals surface area contributed by atoms with Crippen molar-refractivity contribution in [2.24, 2.45) is 17.8 Å². The Bertz CT molecular complexity index is 993. The minimum atomic E-state index is -1.60. The number of carbonyl (C=O) groups is 2. The van der Waals surface area contributed by atoms with Crippen molar-refractivity contribution < 1.29 is 22.8 Å². The summed E-state index contributed by atoms with van der Waals surface area (Å²) >= 11 is 7.83. The minimum absolute atomic E-state index is 0.0231. The highest BCUT2D eigenvalue weighted by atomic mass is 35.5. The zero-order valence-corrected chi connectivity index (χ0v) is 18.9. The fourth-order valence-corrected chi connectivity index (χ4v) is 5.76. The van der Waals surface area contributed by atoms with Crippen LogP contribution in [-0.4, -0.2) is 16.9 Å². The lowest BCUT2D eigenvalue weighted by Gasteiger charge is -2.23. The Kier molecular flexibility index (Phi) is 7.37. The van der Waals surface area contributed by atoms with E-state index in [-0.39, 0.29) is 40.0 Å². The molecule has 166 valence electrons. The number of Topliss-reactive ketones (excluding diaryl/α,β-unsaturated/α-hetero) is 1. The molecule has 0 saturated heterocycles. The number of nitrogens with one attached hydrogen (secondary N) is 1. The molecule has 3 rings (SSSR count). The predicted octanol–water partition coefficient (Wildman–Crippen LogP) is 6.74. The van der Waals surface area contributed by atoms with Gasteiger partial charge in [0.05, 0.1) is 5.02 Å². The molecular formula is C23H23ClF3NO2S. The number of benzene rings is 2. The molecule has 3 unspecified atom stereocenters. The molecule has 1 N–H and O–H groups in total. The van der Waals surface area contributed by atoms with Gasteiger partial charge in [0.2, 0.25) is 0 Å². The second-order valence-electron chi connectivity index (χ2n) is 7.96. The molecule has 8 heteroatoms. The highest BCUT2D eigenvalue weighted by Gasteiger charge is 2.42. The Morgan fingerprint density at radius 1 is 1.23 bits per heavy atom. The van der Waals surface area contributed by atoms with E-state index >= 15 is 0 Å². The number of hydrogen-bond acceptors (Lipinski definition) is 3. The first-order chi connectivity index (χ1) is 14.6. The van der Waals surface area contributed by atoms with Gasteiger partial charge in [-0.25, -0.2) is 13.2 Å². The summed E-state index contributed by atoms with van der Waals surface area (Å²) in [4.78, 5) is 25.9. The van der Waals surface area contributed by atoms with Crippen LogP contribution in [0, 0.1) is 35.2 Å². The van der Waals surface area contributed by atoms with Crippen LogP contribution in [0.3, 0.4) is 0 Å². The zero-order chi connectivity index (χ0) is 22.9. The average Bonchev–Trinajstić information content (AvgIpc) is 3.00. The molecule has 1 saturated carbocycles. The van der Waals surface area contributed by atoms with Crippen LogP contribution < -0.4 is 5.32 Å². The third-order valence-electron chi connectivity index (χ3n) is 5.77. The predicted molar refractivity (Wildman–Crippen MR) is 117 cm³/mol. The normalized spacial score (nSPS) is 21.9. The first-order valence-electron chi connectivity index (χ1n) is 10.1. The van der Waals surface area contributed by atoms with Gasteiger partial charge in [0, 0.05) is 45.4 Å². The summed E-state index contributed by atoms with van der Waals surface area (Å²) in [6.45, 7) is 6.06. The molecular weight excluding hydrogens is 447 g/mol. The van der Waals surface area contributed by atoms with Crippen LogP contribution in [0.4, 0.5) is 18.9 Å². The highest BCUT2D eigenvalue weighted by Crippen LogP contribution is 2.45. The van der Waals surface area contributed by atoms with E-state index in [1.807, 2.05) is 6.92 Å². The van der Waals surface area contributed by atoms with E-state index in [1.54, 1.807) is 12.1 Å². The lowest BCUT2D eigenvalue weighted by Crippen LogP contribution is -2.25.